The minimum absolute atomic E-state index is 0.283. The van der Waals surface area contributed by atoms with Gasteiger partial charge in [-0.1, -0.05) is 133 Å². The molecule has 0 saturated carbocycles. The number of hydrogen-bond acceptors (Lipinski definition) is 1. The number of carbonyl (C=O) groups excluding carboxylic acids is 1. The van der Waals surface area contributed by atoms with Gasteiger partial charge in [-0.25, -0.2) is 0 Å². The van der Waals surface area contributed by atoms with Gasteiger partial charge in [0.2, 0.25) is 0 Å². The Balaban J connectivity index is 2.62. The van der Waals surface area contributed by atoms with Crippen molar-refractivity contribution in [2.45, 2.75) is 74.7 Å². The monoisotopic (exact) mass is 482 g/mol. The fraction of sp³-hybridized carbons (Fsp3) is 0.343. The topological polar surface area (TPSA) is 17.1 Å². The van der Waals surface area contributed by atoms with E-state index in [9.17, 15) is 4.79 Å². The summed E-state index contributed by atoms with van der Waals surface area (Å²) < 4.78 is 0. The molecule has 0 N–H and O–H groups in total. The van der Waals surface area contributed by atoms with Gasteiger partial charge in [0, 0.05) is 0 Å². The second-order valence-corrected chi connectivity index (χ2v) is 10.4. The zero-order valence-electron chi connectivity index (χ0n) is 23.8. The average molecular weight is 483 g/mol. The lowest BCUT2D eigenvalue weighted by Crippen LogP contribution is -2.19. The number of aldehydes is 1. The fourth-order valence-corrected chi connectivity index (χ4v) is 3.96. The van der Waals surface area contributed by atoms with Crippen LogP contribution >= 0.6 is 0 Å². The Bertz CT molecular complexity index is 1080. The summed E-state index contributed by atoms with van der Waals surface area (Å²) >= 11 is 0. The highest BCUT2D eigenvalue weighted by molar-refractivity contribution is 5.72. The van der Waals surface area contributed by atoms with Crippen molar-refractivity contribution in [2.24, 2.45) is 5.41 Å². The molecule has 0 aromatic heterocycles. The molecule has 0 radical (unpaired) electrons. The van der Waals surface area contributed by atoms with Crippen molar-refractivity contribution in [3.8, 4) is 0 Å². The van der Waals surface area contributed by atoms with Gasteiger partial charge in [-0.15, -0.1) is 0 Å². The van der Waals surface area contributed by atoms with Crippen LogP contribution in [0.1, 0.15) is 74.7 Å². The molecular weight excluding hydrogens is 436 g/mol. The van der Waals surface area contributed by atoms with E-state index in [2.05, 4.69) is 108 Å². The molecule has 0 atom stereocenters. The van der Waals surface area contributed by atoms with E-state index < -0.39 is 0 Å². The molecule has 0 aromatic rings. The van der Waals surface area contributed by atoms with Crippen LogP contribution in [0.25, 0.3) is 0 Å². The third-order valence-corrected chi connectivity index (χ3v) is 6.23. The molecule has 0 aromatic carbocycles. The van der Waals surface area contributed by atoms with Gasteiger partial charge in [0.1, 0.15) is 6.29 Å². The summed E-state index contributed by atoms with van der Waals surface area (Å²) in [6.07, 6.45) is 35.8. The van der Waals surface area contributed by atoms with Gasteiger partial charge in [0.05, 0.1) is 0 Å². The van der Waals surface area contributed by atoms with Crippen LogP contribution in [0, 0.1) is 5.41 Å². The van der Waals surface area contributed by atoms with Gasteiger partial charge in [0.15, 0.2) is 0 Å². The van der Waals surface area contributed by atoms with E-state index in [1.807, 2.05) is 25.2 Å². The lowest BCUT2D eigenvalue weighted by Gasteiger charge is -2.32. The van der Waals surface area contributed by atoms with Crippen LogP contribution in [0.3, 0.4) is 0 Å². The third-order valence-electron chi connectivity index (χ3n) is 6.23. The highest BCUT2D eigenvalue weighted by Gasteiger charge is 2.26. The van der Waals surface area contributed by atoms with Crippen LogP contribution in [0.15, 0.2) is 130 Å². The van der Waals surface area contributed by atoms with Crippen molar-refractivity contribution in [3.63, 3.8) is 0 Å². The van der Waals surface area contributed by atoms with Crippen molar-refractivity contribution in [1.82, 2.24) is 0 Å². The Kier molecular flexibility index (Phi) is 14.1. The molecular formula is C35H46O. The molecule has 1 nitrogen and oxygen atoms in total. The molecule has 0 bridgehead atoms. The zero-order valence-corrected chi connectivity index (χ0v) is 23.8. The van der Waals surface area contributed by atoms with Crippen molar-refractivity contribution >= 4 is 6.29 Å². The second kappa shape index (κ2) is 16.5. The maximum Gasteiger partial charge on any atom is 0.145 e. The third kappa shape index (κ3) is 13.0. The number of rotatable bonds is 11. The van der Waals surface area contributed by atoms with E-state index in [0.717, 1.165) is 11.9 Å². The first kappa shape index (κ1) is 30.8. The van der Waals surface area contributed by atoms with Crippen molar-refractivity contribution in [2.75, 3.05) is 0 Å². The van der Waals surface area contributed by atoms with E-state index >= 15 is 0 Å². The molecule has 1 heteroatoms. The number of hydrogen-bond donors (Lipinski definition) is 0. The molecule has 0 aliphatic heterocycles. The molecule has 1 aliphatic rings. The summed E-state index contributed by atoms with van der Waals surface area (Å²) in [4.78, 5) is 10.6. The highest BCUT2D eigenvalue weighted by atomic mass is 16.1. The average Bonchev–Trinajstić information content (AvgIpc) is 2.81. The smallest absolute Gasteiger partial charge is 0.145 e. The van der Waals surface area contributed by atoms with Gasteiger partial charge < -0.3 is 0 Å². The molecule has 0 saturated heterocycles. The summed E-state index contributed by atoms with van der Waals surface area (Å²) in [5.41, 5.74) is 8.80. The summed E-state index contributed by atoms with van der Waals surface area (Å²) in [6, 6.07) is 0. The maximum absolute atomic E-state index is 10.6. The van der Waals surface area contributed by atoms with Crippen molar-refractivity contribution in [3.05, 3.63) is 130 Å². The van der Waals surface area contributed by atoms with E-state index in [1.165, 1.54) is 47.1 Å². The molecule has 36 heavy (non-hydrogen) atoms. The van der Waals surface area contributed by atoms with Crippen LogP contribution in [0.5, 0.6) is 0 Å². The van der Waals surface area contributed by atoms with E-state index in [-0.39, 0.29) is 5.41 Å². The lowest BCUT2D eigenvalue weighted by molar-refractivity contribution is -0.104. The summed E-state index contributed by atoms with van der Waals surface area (Å²) in [5.74, 6) is 0. The van der Waals surface area contributed by atoms with Crippen LogP contribution in [-0.4, -0.2) is 6.29 Å². The molecule has 1 rings (SSSR count). The SMILES string of the molecule is CC(C=O)=CC=CC(C)=CC=CC(C)=CC=CC=C(C)C=CC=C(C)C=CC1=C(C)CCCC1(C)C. The van der Waals surface area contributed by atoms with E-state index in [0.29, 0.717) is 5.57 Å². The molecule has 0 fully saturated rings. The van der Waals surface area contributed by atoms with Gasteiger partial charge in [-0.05, 0) is 77.4 Å². The first-order valence-corrected chi connectivity index (χ1v) is 13.0. The predicted molar refractivity (Wildman–Crippen MR) is 161 cm³/mol. The van der Waals surface area contributed by atoms with Crippen LogP contribution in [-0.2, 0) is 4.79 Å². The quantitative estimate of drug-likeness (QED) is 0.163. The van der Waals surface area contributed by atoms with Crippen molar-refractivity contribution < 1.29 is 4.79 Å². The van der Waals surface area contributed by atoms with Gasteiger partial charge >= 0.3 is 0 Å². The fourth-order valence-electron chi connectivity index (χ4n) is 3.96. The number of carbonyl (C=O) groups is 1. The van der Waals surface area contributed by atoms with Gasteiger partial charge in [-0.3, -0.25) is 4.79 Å². The molecule has 0 heterocycles. The summed E-state index contributed by atoms with van der Waals surface area (Å²) in [7, 11) is 0. The Hall–Kier alpha value is -3.19. The maximum atomic E-state index is 10.6. The first-order chi connectivity index (χ1) is 17.0. The van der Waals surface area contributed by atoms with E-state index in [4.69, 9.17) is 0 Å². The zero-order chi connectivity index (χ0) is 27.0. The Morgan fingerprint density at radius 2 is 1.06 bits per heavy atom. The lowest BCUT2D eigenvalue weighted by atomic mass is 9.72. The summed E-state index contributed by atoms with van der Waals surface area (Å²) in [5, 5.41) is 0. The van der Waals surface area contributed by atoms with Crippen LogP contribution in [0.4, 0.5) is 0 Å². The standard InChI is InChI=1S/C35H46O/c1-28(17-11-19-30(3)20-13-22-32(5)27-36)15-9-10-16-29(2)18-12-21-31(4)24-25-34-33(6)23-14-26-35(34,7)8/h9-13,15-22,24-25,27H,14,23,26H2,1-8H3. The van der Waals surface area contributed by atoms with Crippen LogP contribution < -0.4 is 0 Å². The summed E-state index contributed by atoms with van der Waals surface area (Å²) in [6.45, 7) is 17.2. The molecule has 0 amide bonds. The van der Waals surface area contributed by atoms with Gasteiger partial charge in [0.25, 0.3) is 0 Å². The highest BCUT2D eigenvalue weighted by Crippen LogP contribution is 2.40. The largest absolute Gasteiger partial charge is 0.298 e. The Morgan fingerprint density at radius 1 is 0.639 bits per heavy atom. The van der Waals surface area contributed by atoms with Gasteiger partial charge in [-0.2, -0.15) is 0 Å². The molecule has 0 unspecified atom stereocenters. The first-order valence-electron chi connectivity index (χ1n) is 13.0. The number of allylic oxidation sites excluding steroid dienone is 22. The van der Waals surface area contributed by atoms with Crippen LogP contribution in [0.2, 0.25) is 0 Å². The van der Waals surface area contributed by atoms with Crippen molar-refractivity contribution in [1.29, 1.82) is 0 Å². The Labute approximate surface area is 221 Å². The second-order valence-electron chi connectivity index (χ2n) is 10.4. The molecule has 1 aliphatic carbocycles. The van der Waals surface area contributed by atoms with E-state index in [1.54, 1.807) is 13.0 Å². The Morgan fingerprint density at radius 3 is 1.50 bits per heavy atom. The molecule has 192 valence electrons. The molecule has 0 spiro atoms. The minimum Gasteiger partial charge on any atom is -0.298 e. The predicted octanol–water partition coefficient (Wildman–Crippen LogP) is 10.2. The normalized spacial score (nSPS) is 19.3. The minimum atomic E-state index is 0.283.